The largest absolute Gasteiger partial charge is 0.356 e. The van der Waals surface area contributed by atoms with Crippen LogP contribution in [0.1, 0.15) is 47.5 Å². The number of hydrogen-bond donors (Lipinski definition) is 2. The van der Waals surface area contributed by atoms with Gasteiger partial charge in [-0.1, -0.05) is 30.3 Å². The summed E-state index contributed by atoms with van der Waals surface area (Å²) < 4.78 is 1.38. The maximum Gasteiger partial charge on any atom is 0.260 e. The molecule has 36 heavy (non-hydrogen) atoms. The summed E-state index contributed by atoms with van der Waals surface area (Å²) in [6.07, 6.45) is 3.73. The summed E-state index contributed by atoms with van der Waals surface area (Å²) in [5.41, 5.74) is 1.73. The van der Waals surface area contributed by atoms with Crippen molar-refractivity contribution in [3.8, 4) is 0 Å². The predicted molar refractivity (Wildman–Crippen MR) is 137 cm³/mol. The number of aryl methyl sites for hydroxylation is 1. The molecular formula is C27H31N5O4. The molecule has 1 aliphatic rings. The second kappa shape index (κ2) is 11.6. The number of fused-ring (bicyclic) bond motifs is 1. The van der Waals surface area contributed by atoms with E-state index in [1.165, 1.54) is 15.8 Å². The zero-order valence-electron chi connectivity index (χ0n) is 20.4. The highest BCUT2D eigenvalue weighted by molar-refractivity contribution is 5.99. The number of carbonyl (C=O) groups is 3. The van der Waals surface area contributed by atoms with Gasteiger partial charge in [0.2, 0.25) is 11.8 Å². The highest BCUT2D eigenvalue weighted by Gasteiger charge is 2.21. The molecule has 1 unspecified atom stereocenters. The zero-order chi connectivity index (χ0) is 25.5. The van der Waals surface area contributed by atoms with Crippen LogP contribution in [-0.2, 0) is 16.6 Å². The van der Waals surface area contributed by atoms with Crippen molar-refractivity contribution in [1.29, 1.82) is 0 Å². The first-order chi connectivity index (χ1) is 17.4. The van der Waals surface area contributed by atoms with Gasteiger partial charge in [0.1, 0.15) is 0 Å². The summed E-state index contributed by atoms with van der Waals surface area (Å²) in [4.78, 5) is 56.5. The number of benzene rings is 2. The van der Waals surface area contributed by atoms with Gasteiger partial charge in [0, 0.05) is 38.7 Å². The van der Waals surface area contributed by atoms with E-state index in [0.717, 1.165) is 5.56 Å². The van der Waals surface area contributed by atoms with Crippen LogP contribution in [0.4, 0.5) is 0 Å². The molecule has 0 radical (unpaired) electrons. The van der Waals surface area contributed by atoms with Crippen LogP contribution in [0.25, 0.3) is 10.9 Å². The van der Waals surface area contributed by atoms with Crippen LogP contribution in [0, 0.1) is 0 Å². The third-order valence-corrected chi connectivity index (χ3v) is 6.52. The number of amides is 3. The van der Waals surface area contributed by atoms with Crippen LogP contribution < -0.4 is 16.2 Å². The molecule has 1 aromatic heterocycles. The molecule has 1 saturated heterocycles. The summed E-state index contributed by atoms with van der Waals surface area (Å²) in [5, 5.41) is 6.29. The van der Waals surface area contributed by atoms with Crippen LogP contribution in [0.5, 0.6) is 0 Å². The van der Waals surface area contributed by atoms with E-state index in [9.17, 15) is 19.2 Å². The lowest BCUT2D eigenvalue weighted by Crippen LogP contribution is -2.42. The second-order valence-electron chi connectivity index (χ2n) is 9.11. The molecule has 4 rings (SSSR count). The Morgan fingerprint density at radius 1 is 0.972 bits per heavy atom. The molecule has 188 valence electrons. The van der Waals surface area contributed by atoms with Gasteiger partial charge < -0.3 is 20.1 Å². The molecule has 0 bridgehead atoms. The van der Waals surface area contributed by atoms with Gasteiger partial charge >= 0.3 is 0 Å². The molecule has 9 heteroatoms. The first-order valence-electron chi connectivity index (χ1n) is 12.3. The molecule has 2 heterocycles. The van der Waals surface area contributed by atoms with Gasteiger partial charge in [-0.15, -0.1) is 0 Å². The van der Waals surface area contributed by atoms with Gasteiger partial charge in [0.05, 0.1) is 23.8 Å². The van der Waals surface area contributed by atoms with Gasteiger partial charge in [-0.25, -0.2) is 4.98 Å². The van der Waals surface area contributed by atoms with Crippen molar-refractivity contribution in [1.82, 2.24) is 25.1 Å². The SMILES string of the molecule is Cn1cnc2cc(C(=O)N3CCCNC(=O)CCC(c4ccccc4)CCNC(=O)C3)ccc2c1=O. The summed E-state index contributed by atoms with van der Waals surface area (Å²) in [6, 6.07) is 14.7. The van der Waals surface area contributed by atoms with E-state index in [-0.39, 0.29) is 35.7 Å². The highest BCUT2D eigenvalue weighted by Crippen LogP contribution is 2.24. The minimum atomic E-state index is -0.324. The molecule has 3 amide bonds. The van der Waals surface area contributed by atoms with Crippen LogP contribution in [0.15, 0.2) is 59.7 Å². The van der Waals surface area contributed by atoms with Gasteiger partial charge in [0.15, 0.2) is 0 Å². The number of nitrogens with zero attached hydrogens (tertiary/aromatic N) is 3. The fourth-order valence-corrected chi connectivity index (χ4v) is 4.49. The fraction of sp³-hybridized carbons (Fsp3) is 0.370. The van der Waals surface area contributed by atoms with Crippen LogP contribution in [0.2, 0.25) is 0 Å². The smallest absolute Gasteiger partial charge is 0.260 e. The third-order valence-electron chi connectivity index (χ3n) is 6.52. The Morgan fingerprint density at radius 2 is 1.75 bits per heavy atom. The summed E-state index contributed by atoms with van der Waals surface area (Å²) >= 11 is 0. The Morgan fingerprint density at radius 3 is 2.56 bits per heavy atom. The van der Waals surface area contributed by atoms with Crippen molar-refractivity contribution in [3.05, 3.63) is 76.3 Å². The lowest BCUT2D eigenvalue weighted by Gasteiger charge is -2.24. The lowest BCUT2D eigenvalue weighted by molar-refractivity contribution is -0.123. The average molecular weight is 490 g/mol. The molecule has 0 saturated carbocycles. The molecular weight excluding hydrogens is 458 g/mol. The van der Waals surface area contributed by atoms with Crippen molar-refractivity contribution in [2.45, 2.75) is 31.6 Å². The molecule has 0 aliphatic carbocycles. The van der Waals surface area contributed by atoms with Crippen LogP contribution in [-0.4, -0.2) is 58.4 Å². The Kier molecular flexibility index (Phi) is 8.10. The van der Waals surface area contributed by atoms with E-state index in [1.54, 1.807) is 25.2 Å². The minimum absolute atomic E-state index is 0.0166. The third kappa shape index (κ3) is 6.16. The molecule has 2 N–H and O–H groups in total. The van der Waals surface area contributed by atoms with E-state index >= 15 is 0 Å². The Labute approximate surface area is 209 Å². The summed E-state index contributed by atoms with van der Waals surface area (Å²) in [5.74, 6) is -0.424. The molecule has 1 aliphatic heterocycles. The first kappa shape index (κ1) is 25.1. The zero-order valence-corrected chi connectivity index (χ0v) is 20.4. The normalized spacial score (nSPS) is 18.2. The number of carbonyl (C=O) groups excluding carboxylic acids is 3. The van der Waals surface area contributed by atoms with Crippen molar-refractivity contribution < 1.29 is 14.4 Å². The summed E-state index contributed by atoms with van der Waals surface area (Å²) in [7, 11) is 1.62. The number of hydrogen-bond acceptors (Lipinski definition) is 5. The second-order valence-corrected chi connectivity index (χ2v) is 9.11. The van der Waals surface area contributed by atoms with Crippen molar-refractivity contribution in [2.75, 3.05) is 26.2 Å². The number of rotatable bonds is 2. The van der Waals surface area contributed by atoms with E-state index in [2.05, 4.69) is 15.6 Å². The topological polar surface area (TPSA) is 113 Å². The van der Waals surface area contributed by atoms with Gasteiger partial charge in [-0.3, -0.25) is 19.2 Å². The highest BCUT2D eigenvalue weighted by atomic mass is 16.2. The van der Waals surface area contributed by atoms with E-state index in [1.807, 2.05) is 30.3 Å². The lowest BCUT2D eigenvalue weighted by atomic mass is 9.91. The molecule has 3 aromatic rings. The molecule has 1 atom stereocenters. The quantitative estimate of drug-likeness (QED) is 0.571. The van der Waals surface area contributed by atoms with Crippen molar-refractivity contribution >= 4 is 28.6 Å². The molecule has 1 fully saturated rings. The molecule has 0 spiro atoms. The average Bonchev–Trinajstić information content (AvgIpc) is 2.89. The fourth-order valence-electron chi connectivity index (χ4n) is 4.49. The standard InChI is InChI=1S/C27H31N5O4/c1-31-18-30-23-16-21(8-10-22(23)27(31)36)26(35)32-15-5-13-28-24(33)11-9-20(12-14-29-25(34)17-32)19-6-3-2-4-7-19/h2-4,6-8,10,16,18,20H,5,9,11-15,17H2,1H3,(H,28,33)(H,29,34). The van der Waals surface area contributed by atoms with Gasteiger partial charge in [-0.05, 0) is 48.9 Å². The van der Waals surface area contributed by atoms with E-state index in [4.69, 9.17) is 0 Å². The van der Waals surface area contributed by atoms with Gasteiger partial charge in [0.25, 0.3) is 11.5 Å². The first-order valence-corrected chi connectivity index (χ1v) is 12.3. The van der Waals surface area contributed by atoms with Gasteiger partial charge in [-0.2, -0.15) is 0 Å². The van der Waals surface area contributed by atoms with Crippen LogP contribution >= 0.6 is 0 Å². The number of nitrogens with one attached hydrogen (secondary N) is 2. The maximum absolute atomic E-state index is 13.3. The van der Waals surface area contributed by atoms with E-state index in [0.29, 0.717) is 61.8 Å². The monoisotopic (exact) mass is 489 g/mol. The van der Waals surface area contributed by atoms with Crippen LogP contribution in [0.3, 0.4) is 0 Å². The Balaban J connectivity index is 1.49. The molecule has 2 aromatic carbocycles. The Bertz CT molecular complexity index is 1300. The Hall–Kier alpha value is -4.01. The number of aromatic nitrogens is 2. The minimum Gasteiger partial charge on any atom is -0.356 e. The van der Waals surface area contributed by atoms with Crippen molar-refractivity contribution in [3.63, 3.8) is 0 Å². The molecule has 9 nitrogen and oxygen atoms in total. The van der Waals surface area contributed by atoms with E-state index < -0.39 is 0 Å². The van der Waals surface area contributed by atoms with Crippen molar-refractivity contribution in [2.24, 2.45) is 7.05 Å². The predicted octanol–water partition coefficient (Wildman–Crippen LogP) is 1.97. The maximum atomic E-state index is 13.3. The summed E-state index contributed by atoms with van der Waals surface area (Å²) in [6.45, 7) is 1.08.